The fourth-order valence-corrected chi connectivity index (χ4v) is 3.54. The Morgan fingerprint density at radius 1 is 1.10 bits per heavy atom. The Morgan fingerprint density at radius 3 is 2.63 bits per heavy atom. The van der Waals surface area contributed by atoms with Gasteiger partial charge in [-0.05, 0) is 5.56 Å². The smallest absolute Gasteiger partial charge is 0.246 e. The minimum atomic E-state index is 0.0351. The molecule has 0 atom stereocenters. The molecule has 0 unspecified atom stereocenters. The van der Waals surface area contributed by atoms with Gasteiger partial charge in [0, 0.05) is 51.7 Å². The number of benzene rings is 1. The third-order valence-electron chi connectivity index (χ3n) is 5.06. The molecule has 1 aliphatic rings. The SMILES string of the molecule is CN=C(NCc1cnn(Cc2ccccc2)c1)N1CCN(c2cnn(C)c2)C(=O)C1. The number of nitrogens with one attached hydrogen (secondary N) is 1. The highest BCUT2D eigenvalue weighted by Crippen LogP contribution is 2.16. The Labute approximate surface area is 175 Å². The van der Waals surface area contributed by atoms with Crippen LogP contribution in [0.15, 0.2) is 60.1 Å². The molecule has 0 aliphatic carbocycles. The van der Waals surface area contributed by atoms with E-state index in [-0.39, 0.29) is 12.5 Å². The Balaban J connectivity index is 1.32. The first-order chi connectivity index (χ1) is 14.6. The molecule has 1 N–H and O–H groups in total. The van der Waals surface area contributed by atoms with Crippen LogP contribution in [0.25, 0.3) is 0 Å². The third-order valence-corrected chi connectivity index (χ3v) is 5.06. The van der Waals surface area contributed by atoms with Gasteiger partial charge < -0.3 is 15.1 Å². The van der Waals surface area contributed by atoms with E-state index < -0.39 is 0 Å². The Bertz CT molecular complexity index is 1020. The Hall–Kier alpha value is -3.62. The van der Waals surface area contributed by atoms with E-state index in [9.17, 15) is 4.79 Å². The fourth-order valence-electron chi connectivity index (χ4n) is 3.54. The zero-order chi connectivity index (χ0) is 20.9. The van der Waals surface area contributed by atoms with E-state index in [0.717, 1.165) is 17.8 Å². The molecule has 9 heteroatoms. The number of hydrogen-bond donors (Lipinski definition) is 1. The molecular weight excluding hydrogens is 380 g/mol. The van der Waals surface area contributed by atoms with Crippen LogP contribution in [0, 0.1) is 0 Å². The third kappa shape index (κ3) is 4.51. The average Bonchev–Trinajstić information content (AvgIpc) is 3.38. The van der Waals surface area contributed by atoms with Crippen LogP contribution in [0.4, 0.5) is 5.69 Å². The van der Waals surface area contributed by atoms with Crippen LogP contribution in [0.5, 0.6) is 0 Å². The lowest BCUT2D eigenvalue weighted by Gasteiger charge is -2.35. The lowest BCUT2D eigenvalue weighted by atomic mass is 10.2. The predicted octanol–water partition coefficient (Wildman–Crippen LogP) is 1.09. The predicted molar refractivity (Wildman–Crippen MR) is 115 cm³/mol. The zero-order valence-electron chi connectivity index (χ0n) is 17.3. The van der Waals surface area contributed by atoms with Gasteiger partial charge in [-0.25, -0.2) is 0 Å². The topological polar surface area (TPSA) is 83.6 Å². The maximum Gasteiger partial charge on any atom is 0.246 e. The largest absolute Gasteiger partial charge is 0.352 e. The summed E-state index contributed by atoms with van der Waals surface area (Å²) in [6, 6.07) is 10.2. The molecule has 2 aromatic heterocycles. The highest BCUT2D eigenvalue weighted by Gasteiger charge is 2.27. The van der Waals surface area contributed by atoms with E-state index in [1.807, 2.05) is 53.4 Å². The Morgan fingerprint density at radius 2 is 1.93 bits per heavy atom. The van der Waals surface area contributed by atoms with E-state index in [1.54, 1.807) is 22.8 Å². The highest BCUT2D eigenvalue weighted by atomic mass is 16.2. The maximum atomic E-state index is 12.6. The molecule has 0 radical (unpaired) electrons. The zero-order valence-corrected chi connectivity index (χ0v) is 17.3. The summed E-state index contributed by atoms with van der Waals surface area (Å²) in [5.41, 5.74) is 3.10. The molecule has 1 saturated heterocycles. The van der Waals surface area contributed by atoms with Gasteiger partial charge in [0.15, 0.2) is 5.96 Å². The molecule has 3 aromatic rings. The van der Waals surface area contributed by atoms with E-state index in [4.69, 9.17) is 0 Å². The first-order valence-corrected chi connectivity index (χ1v) is 9.92. The Kier molecular flexibility index (Phi) is 5.78. The van der Waals surface area contributed by atoms with Gasteiger partial charge in [-0.3, -0.25) is 19.2 Å². The molecule has 1 aromatic carbocycles. The summed E-state index contributed by atoms with van der Waals surface area (Å²) in [5.74, 6) is 0.748. The van der Waals surface area contributed by atoms with Gasteiger partial charge in [0.05, 0.1) is 24.6 Å². The van der Waals surface area contributed by atoms with E-state index >= 15 is 0 Å². The maximum absolute atomic E-state index is 12.6. The minimum Gasteiger partial charge on any atom is -0.352 e. The van der Waals surface area contributed by atoms with Gasteiger partial charge in [-0.2, -0.15) is 10.2 Å². The van der Waals surface area contributed by atoms with Crippen LogP contribution in [0.3, 0.4) is 0 Å². The molecule has 1 amide bonds. The summed E-state index contributed by atoms with van der Waals surface area (Å²) in [5, 5.41) is 11.9. The van der Waals surface area contributed by atoms with Crippen molar-refractivity contribution in [3.8, 4) is 0 Å². The first kappa shape index (κ1) is 19.7. The number of hydrogen-bond acceptors (Lipinski definition) is 4. The van der Waals surface area contributed by atoms with Gasteiger partial charge in [-0.1, -0.05) is 30.3 Å². The molecule has 9 nitrogen and oxygen atoms in total. The molecule has 1 aliphatic heterocycles. The van der Waals surface area contributed by atoms with Crippen molar-refractivity contribution >= 4 is 17.6 Å². The van der Waals surface area contributed by atoms with Crippen molar-refractivity contribution in [1.29, 1.82) is 0 Å². The number of rotatable bonds is 5. The van der Waals surface area contributed by atoms with Crippen LogP contribution < -0.4 is 10.2 Å². The molecule has 0 spiro atoms. The molecule has 156 valence electrons. The van der Waals surface area contributed by atoms with Crippen LogP contribution in [0.2, 0.25) is 0 Å². The van der Waals surface area contributed by atoms with Crippen LogP contribution in [-0.4, -0.2) is 63.0 Å². The van der Waals surface area contributed by atoms with E-state index in [1.165, 1.54) is 5.56 Å². The van der Waals surface area contributed by atoms with Gasteiger partial charge in [0.2, 0.25) is 5.91 Å². The number of aliphatic imine (C=N–C) groups is 1. The number of nitrogens with zero attached hydrogens (tertiary/aromatic N) is 7. The summed E-state index contributed by atoms with van der Waals surface area (Å²) >= 11 is 0. The quantitative estimate of drug-likeness (QED) is 0.507. The lowest BCUT2D eigenvalue weighted by molar-refractivity contribution is -0.120. The van der Waals surface area contributed by atoms with Gasteiger partial charge in [-0.15, -0.1) is 0 Å². The van der Waals surface area contributed by atoms with Crippen molar-refractivity contribution in [1.82, 2.24) is 29.8 Å². The van der Waals surface area contributed by atoms with E-state index in [0.29, 0.717) is 25.6 Å². The normalized spacial score (nSPS) is 15.0. The molecular formula is C21H26N8O. The standard InChI is InChI=1S/C21H26N8O/c1-22-21(27-8-9-29(20(30)16-27)19-12-24-26(2)15-19)23-10-18-11-25-28(14-18)13-17-6-4-3-5-7-17/h3-7,11-12,14-15H,8-10,13,16H2,1-2H3,(H,22,23). The number of anilines is 1. The van der Waals surface area contributed by atoms with Crippen molar-refractivity contribution in [3.63, 3.8) is 0 Å². The number of piperazine rings is 1. The monoisotopic (exact) mass is 406 g/mol. The molecule has 3 heterocycles. The number of aromatic nitrogens is 4. The highest BCUT2D eigenvalue weighted by molar-refractivity contribution is 5.98. The van der Waals surface area contributed by atoms with Gasteiger partial charge >= 0.3 is 0 Å². The van der Waals surface area contributed by atoms with Crippen molar-refractivity contribution in [2.75, 3.05) is 31.6 Å². The average molecular weight is 406 g/mol. The molecule has 1 fully saturated rings. The summed E-state index contributed by atoms with van der Waals surface area (Å²) in [7, 11) is 3.58. The van der Waals surface area contributed by atoms with Crippen LogP contribution in [0.1, 0.15) is 11.1 Å². The molecule has 0 bridgehead atoms. The summed E-state index contributed by atoms with van der Waals surface area (Å²) < 4.78 is 3.62. The summed E-state index contributed by atoms with van der Waals surface area (Å²) in [4.78, 5) is 20.7. The second-order valence-electron chi connectivity index (χ2n) is 7.27. The van der Waals surface area contributed by atoms with Crippen molar-refractivity contribution in [3.05, 3.63) is 66.2 Å². The van der Waals surface area contributed by atoms with Crippen molar-refractivity contribution < 1.29 is 4.79 Å². The van der Waals surface area contributed by atoms with Crippen LogP contribution in [-0.2, 0) is 24.9 Å². The van der Waals surface area contributed by atoms with Gasteiger partial charge in [0.25, 0.3) is 0 Å². The second kappa shape index (κ2) is 8.81. The van der Waals surface area contributed by atoms with Gasteiger partial charge in [0.1, 0.15) is 6.54 Å². The minimum absolute atomic E-state index is 0.0351. The fraction of sp³-hybridized carbons (Fsp3) is 0.333. The number of guanidine groups is 1. The summed E-state index contributed by atoms with van der Waals surface area (Å²) in [6.07, 6.45) is 7.45. The number of amides is 1. The molecule has 0 saturated carbocycles. The van der Waals surface area contributed by atoms with Crippen molar-refractivity contribution in [2.24, 2.45) is 12.0 Å². The number of carbonyl (C=O) groups excluding carboxylic acids is 1. The summed E-state index contributed by atoms with van der Waals surface area (Å²) in [6.45, 7) is 2.91. The van der Waals surface area contributed by atoms with Crippen molar-refractivity contribution in [2.45, 2.75) is 13.1 Å². The molecule has 30 heavy (non-hydrogen) atoms. The van der Waals surface area contributed by atoms with Crippen LogP contribution >= 0.6 is 0 Å². The molecule has 4 rings (SSSR count). The lowest BCUT2D eigenvalue weighted by Crippen LogP contribution is -2.55. The number of carbonyl (C=O) groups is 1. The number of aryl methyl sites for hydroxylation is 1. The first-order valence-electron chi connectivity index (χ1n) is 9.92. The second-order valence-corrected chi connectivity index (χ2v) is 7.27. The van der Waals surface area contributed by atoms with E-state index in [2.05, 4.69) is 32.6 Å².